The van der Waals surface area contributed by atoms with Crippen LogP contribution in [0, 0.1) is 0 Å². The van der Waals surface area contributed by atoms with Gasteiger partial charge in [-0.05, 0) is 29.8 Å². The molecule has 2 heterocycles. The Balaban J connectivity index is 1.52. The largest absolute Gasteiger partial charge is 0.411 e. The van der Waals surface area contributed by atoms with Crippen molar-refractivity contribution in [1.29, 1.82) is 0 Å². The number of benzene rings is 1. The first-order valence-electron chi connectivity index (χ1n) is 9.33. The highest BCUT2D eigenvalue weighted by molar-refractivity contribution is 7.91. The van der Waals surface area contributed by atoms with Crippen LogP contribution in [0.4, 0.5) is 13.2 Å². The van der Waals surface area contributed by atoms with Crippen LogP contribution in [0.25, 0.3) is 0 Å². The number of amides is 1. The molecule has 0 saturated carbocycles. The van der Waals surface area contributed by atoms with Crippen molar-refractivity contribution in [3.63, 3.8) is 0 Å². The third kappa shape index (κ3) is 6.74. The molecule has 0 aliphatic carbocycles. The normalized spacial score (nSPS) is 15.7. The first kappa shape index (κ1) is 23.7. The van der Waals surface area contributed by atoms with Crippen molar-refractivity contribution < 1.29 is 35.9 Å². The van der Waals surface area contributed by atoms with E-state index >= 15 is 0 Å². The van der Waals surface area contributed by atoms with Crippen LogP contribution in [-0.4, -0.2) is 57.7 Å². The van der Waals surface area contributed by atoms with Crippen LogP contribution < -0.4 is 5.32 Å². The second kappa shape index (κ2) is 10.1. The lowest BCUT2D eigenvalue weighted by Crippen LogP contribution is -2.40. The Kier molecular flexibility index (Phi) is 7.70. The summed E-state index contributed by atoms with van der Waals surface area (Å²) >= 11 is 1.09. The Morgan fingerprint density at radius 1 is 1.13 bits per heavy atom. The Bertz CT molecular complexity index is 985. The van der Waals surface area contributed by atoms with Gasteiger partial charge in [0.05, 0.1) is 26.4 Å². The Hall–Kier alpha value is -1.99. The highest BCUT2D eigenvalue weighted by Crippen LogP contribution is 2.25. The highest BCUT2D eigenvalue weighted by atomic mass is 32.2. The molecule has 1 aromatic carbocycles. The monoisotopic (exact) mass is 478 g/mol. The molecule has 1 fully saturated rings. The van der Waals surface area contributed by atoms with Crippen LogP contribution in [-0.2, 0) is 32.6 Å². The fourth-order valence-electron chi connectivity index (χ4n) is 2.81. The van der Waals surface area contributed by atoms with Crippen LogP contribution in [0.1, 0.15) is 20.8 Å². The van der Waals surface area contributed by atoms with Crippen molar-refractivity contribution in [2.24, 2.45) is 0 Å². The van der Waals surface area contributed by atoms with Gasteiger partial charge in [0.15, 0.2) is 0 Å². The summed E-state index contributed by atoms with van der Waals surface area (Å²) in [6, 6.07) is 9.19. The number of alkyl halides is 3. The first-order chi connectivity index (χ1) is 14.6. The molecule has 0 atom stereocenters. The molecule has 31 heavy (non-hydrogen) atoms. The van der Waals surface area contributed by atoms with E-state index in [1.54, 1.807) is 6.07 Å². The fraction of sp³-hybridized carbons (Fsp3) is 0.421. The topological polar surface area (TPSA) is 84.9 Å². The summed E-state index contributed by atoms with van der Waals surface area (Å²) in [6.07, 6.45) is -4.39. The van der Waals surface area contributed by atoms with Gasteiger partial charge >= 0.3 is 6.18 Å². The van der Waals surface area contributed by atoms with E-state index in [1.165, 1.54) is 34.6 Å². The van der Waals surface area contributed by atoms with Gasteiger partial charge in [0.1, 0.15) is 10.8 Å². The SMILES string of the molecule is O=C(NCc1ccc(S(=O)(=O)N2CCOCC2)s1)c1ccc(COCC(F)(F)F)cc1. The van der Waals surface area contributed by atoms with Gasteiger partial charge in [0.25, 0.3) is 15.9 Å². The molecule has 12 heteroatoms. The van der Waals surface area contributed by atoms with Gasteiger partial charge in [0.2, 0.25) is 0 Å². The average molecular weight is 479 g/mol. The zero-order valence-electron chi connectivity index (χ0n) is 16.4. The summed E-state index contributed by atoms with van der Waals surface area (Å²) in [4.78, 5) is 13.0. The Labute approximate surface area is 181 Å². The van der Waals surface area contributed by atoms with Gasteiger partial charge < -0.3 is 14.8 Å². The molecule has 0 radical (unpaired) electrons. The summed E-state index contributed by atoms with van der Waals surface area (Å²) in [5, 5.41) is 2.71. The molecule has 1 aliphatic heterocycles. The molecular formula is C19H21F3N2O5S2. The number of nitrogens with one attached hydrogen (secondary N) is 1. The number of halogens is 3. The van der Waals surface area contributed by atoms with E-state index in [0.717, 1.165) is 11.3 Å². The second-order valence-corrected chi connectivity index (χ2v) is 10.1. The number of hydrogen-bond donors (Lipinski definition) is 1. The molecule has 0 unspecified atom stereocenters. The van der Waals surface area contributed by atoms with Crippen LogP contribution in [0.15, 0.2) is 40.6 Å². The Morgan fingerprint density at radius 2 is 1.81 bits per heavy atom. The van der Waals surface area contributed by atoms with Crippen molar-refractivity contribution >= 4 is 27.3 Å². The smallest absolute Gasteiger partial charge is 0.379 e. The molecule has 1 aromatic heterocycles. The highest BCUT2D eigenvalue weighted by Gasteiger charge is 2.28. The summed E-state index contributed by atoms with van der Waals surface area (Å²) in [7, 11) is -3.58. The van der Waals surface area contributed by atoms with E-state index in [9.17, 15) is 26.4 Å². The number of carbonyl (C=O) groups excluding carboxylic acids is 1. The van der Waals surface area contributed by atoms with E-state index in [-0.39, 0.29) is 23.3 Å². The summed E-state index contributed by atoms with van der Waals surface area (Å²) in [5.74, 6) is -0.381. The molecule has 1 N–H and O–H groups in total. The number of hydrogen-bond acceptors (Lipinski definition) is 6. The van der Waals surface area contributed by atoms with E-state index < -0.39 is 22.8 Å². The zero-order chi connectivity index (χ0) is 22.5. The number of carbonyl (C=O) groups is 1. The van der Waals surface area contributed by atoms with Gasteiger partial charge in [-0.1, -0.05) is 12.1 Å². The first-order valence-corrected chi connectivity index (χ1v) is 11.6. The molecule has 2 aromatic rings. The van der Waals surface area contributed by atoms with E-state index in [4.69, 9.17) is 4.74 Å². The Morgan fingerprint density at radius 3 is 2.45 bits per heavy atom. The molecular weight excluding hydrogens is 457 g/mol. The lowest BCUT2D eigenvalue weighted by atomic mass is 10.1. The third-order valence-electron chi connectivity index (χ3n) is 4.37. The van der Waals surface area contributed by atoms with Crippen molar-refractivity contribution in [2.75, 3.05) is 32.9 Å². The maximum absolute atomic E-state index is 12.6. The third-order valence-corrected chi connectivity index (χ3v) is 7.83. The minimum atomic E-state index is -4.39. The molecule has 0 spiro atoms. The molecule has 1 amide bonds. The number of nitrogens with zero attached hydrogens (tertiary/aromatic N) is 1. The maximum Gasteiger partial charge on any atom is 0.411 e. The summed E-state index contributed by atoms with van der Waals surface area (Å²) in [6.45, 7) is -0.0521. The molecule has 3 rings (SSSR count). The van der Waals surface area contributed by atoms with Crippen LogP contribution >= 0.6 is 11.3 Å². The number of rotatable bonds is 8. The molecule has 1 saturated heterocycles. The number of ether oxygens (including phenoxy) is 2. The van der Waals surface area contributed by atoms with Gasteiger partial charge in [-0.25, -0.2) is 8.42 Å². The maximum atomic E-state index is 12.6. The number of sulfonamides is 1. The van der Waals surface area contributed by atoms with Gasteiger partial charge in [0, 0.05) is 23.5 Å². The van der Waals surface area contributed by atoms with Gasteiger partial charge in [-0.3, -0.25) is 4.79 Å². The van der Waals surface area contributed by atoms with Crippen molar-refractivity contribution in [2.45, 2.75) is 23.5 Å². The van der Waals surface area contributed by atoms with E-state index in [2.05, 4.69) is 10.1 Å². The summed E-state index contributed by atoms with van der Waals surface area (Å²) < 4.78 is 72.9. The van der Waals surface area contributed by atoms with Crippen molar-refractivity contribution in [3.8, 4) is 0 Å². The van der Waals surface area contributed by atoms with Crippen LogP contribution in [0.5, 0.6) is 0 Å². The minimum Gasteiger partial charge on any atom is -0.379 e. The minimum absolute atomic E-state index is 0.151. The van der Waals surface area contributed by atoms with Gasteiger partial charge in [-0.15, -0.1) is 11.3 Å². The fourth-order valence-corrected chi connectivity index (χ4v) is 5.67. The standard InChI is InChI=1S/C19H21F3N2O5S2/c20-19(21,22)13-29-12-14-1-3-15(4-2-14)18(25)23-11-16-5-6-17(30-16)31(26,27)24-7-9-28-10-8-24/h1-6H,7-13H2,(H,23,25). The average Bonchev–Trinajstić information content (AvgIpc) is 3.22. The predicted octanol–water partition coefficient (Wildman–Crippen LogP) is 2.78. The molecule has 7 nitrogen and oxygen atoms in total. The zero-order valence-corrected chi connectivity index (χ0v) is 18.0. The van der Waals surface area contributed by atoms with Crippen LogP contribution in [0.3, 0.4) is 0 Å². The summed E-state index contributed by atoms with van der Waals surface area (Å²) in [5.41, 5.74) is 0.842. The predicted molar refractivity (Wildman–Crippen MR) is 107 cm³/mol. The lowest BCUT2D eigenvalue weighted by molar-refractivity contribution is -0.176. The van der Waals surface area contributed by atoms with Gasteiger partial charge in [-0.2, -0.15) is 17.5 Å². The van der Waals surface area contributed by atoms with Crippen molar-refractivity contribution in [1.82, 2.24) is 9.62 Å². The molecule has 1 aliphatic rings. The quantitative estimate of drug-likeness (QED) is 0.631. The molecule has 0 bridgehead atoms. The lowest BCUT2D eigenvalue weighted by Gasteiger charge is -2.25. The van der Waals surface area contributed by atoms with E-state index in [1.807, 2.05) is 0 Å². The van der Waals surface area contributed by atoms with Crippen LogP contribution in [0.2, 0.25) is 0 Å². The number of morpholine rings is 1. The second-order valence-electron chi connectivity index (χ2n) is 6.72. The van der Waals surface area contributed by atoms with E-state index in [0.29, 0.717) is 42.3 Å². The molecule has 170 valence electrons. The number of thiophene rings is 1. The van der Waals surface area contributed by atoms with Crippen molar-refractivity contribution in [3.05, 3.63) is 52.4 Å².